The third kappa shape index (κ3) is 3.27. The second kappa shape index (κ2) is 6.90. The molecule has 0 bridgehead atoms. The number of aromatic nitrogens is 1. The van der Waals surface area contributed by atoms with Gasteiger partial charge < -0.3 is 9.88 Å². The SMILES string of the molecule is CCCNCc1cc2c(n(CCC)c1=O)CCCC2. The van der Waals surface area contributed by atoms with E-state index in [1.54, 1.807) is 0 Å². The molecule has 0 spiro atoms. The van der Waals surface area contributed by atoms with E-state index in [9.17, 15) is 4.79 Å². The molecule has 0 fully saturated rings. The summed E-state index contributed by atoms with van der Waals surface area (Å²) < 4.78 is 2.04. The van der Waals surface area contributed by atoms with Gasteiger partial charge in [-0.2, -0.15) is 0 Å². The third-order valence-electron chi connectivity index (χ3n) is 3.86. The molecule has 1 N–H and O–H groups in total. The highest BCUT2D eigenvalue weighted by atomic mass is 16.1. The quantitative estimate of drug-likeness (QED) is 0.800. The molecule has 1 aromatic rings. The first-order chi connectivity index (χ1) is 9.27. The van der Waals surface area contributed by atoms with Crippen molar-refractivity contribution in [3.63, 3.8) is 0 Å². The van der Waals surface area contributed by atoms with Crippen molar-refractivity contribution in [2.75, 3.05) is 6.54 Å². The van der Waals surface area contributed by atoms with Crippen LogP contribution in [-0.4, -0.2) is 11.1 Å². The highest BCUT2D eigenvalue weighted by molar-refractivity contribution is 5.29. The smallest absolute Gasteiger partial charge is 0.255 e. The predicted octanol–water partition coefficient (Wildman–Crippen LogP) is 2.64. The third-order valence-corrected chi connectivity index (χ3v) is 3.86. The van der Waals surface area contributed by atoms with Gasteiger partial charge in [-0.1, -0.05) is 13.8 Å². The molecule has 0 amide bonds. The summed E-state index contributed by atoms with van der Waals surface area (Å²) in [5, 5.41) is 3.35. The number of pyridine rings is 1. The molecule has 0 saturated heterocycles. The van der Waals surface area contributed by atoms with E-state index in [1.165, 1.54) is 24.1 Å². The molecule has 19 heavy (non-hydrogen) atoms. The van der Waals surface area contributed by atoms with Crippen LogP contribution in [0.4, 0.5) is 0 Å². The molecule has 3 nitrogen and oxygen atoms in total. The molecular weight excluding hydrogens is 236 g/mol. The minimum atomic E-state index is 0.228. The van der Waals surface area contributed by atoms with Gasteiger partial charge in [-0.3, -0.25) is 4.79 Å². The van der Waals surface area contributed by atoms with E-state index in [4.69, 9.17) is 0 Å². The Morgan fingerprint density at radius 2 is 2.00 bits per heavy atom. The van der Waals surface area contributed by atoms with E-state index in [1.807, 2.05) is 4.57 Å². The molecule has 1 aliphatic rings. The van der Waals surface area contributed by atoms with Crippen molar-refractivity contribution < 1.29 is 0 Å². The standard InChI is InChI=1S/C16H26N2O/c1-3-9-17-12-14-11-13-7-5-6-8-15(13)18(10-4-2)16(14)19/h11,17H,3-10,12H2,1-2H3. The van der Waals surface area contributed by atoms with Crippen LogP contribution in [0.1, 0.15) is 56.4 Å². The van der Waals surface area contributed by atoms with Crippen LogP contribution in [0.2, 0.25) is 0 Å². The van der Waals surface area contributed by atoms with E-state index in [0.29, 0.717) is 6.54 Å². The van der Waals surface area contributed by atoms with Crippen LogP contribution < -0.4 is 10.9 Å². The molecule has 0 radical (unpaired) electrons. The largest absolute Gasteiger partial charge is 0.312 e. The van der Waals surface area contributed by atoms with Gasteiger partial charge in [0.2, 0.25) is 0 Å². The topological polar surface area (TPSA) is 34.0 Å². The van der Waals surface area contributed by atoms with Crippen LogP contribution in [0.25, 0.3) is 0 Å². The van der Waals surface area contributed by atoms with Gasteiger partial charge in [0.05, 0.1) is 0 Å². The van der Waals surface area contributed by atoms with Gasteiger partial charge >= 0.3 is 0 Å². The van der Waals surface area contributed by atoms with Gasteiger partial charge in [0.25, 0.3) is 5.56 Å². The van der Waals surface area contributed by atoms with Crippen molar-refractivity contribution in [2.24, 2.45) is 0 Å². The van der Waals surface area contributed by atoms with E-state index in [0.717, 1.165) is 44.3 Å². The molecule has 0 atom stereocenters. The molecule has 0 unspecified atom stereocenters. The fourth-order valence-electron chi connectivity index (χ4n) is 2.93. The Morgan fingerprint density at radius 1 is 1.21 bits per heavy atom. The zero-order chi connectivity index (χ0) is 13.7. The van der Waals surface area contributed by atoms with E-state index < -0.39 is 0 Å². The van der Waals surface area contributed by atoms with Crippen molar-refractivity contribution in [1.82, 2.24) is 9.88 Å². The van der Waals surface area contributed by atoms with Crippen LogP contribution in [-0.2, 0) is 25.9 Å². The van der Waals surface area contributed by atoms with Crippen LogP contribution in [0.5, 0.6) is 0 Å². The molecule has 0 saturated carbocycles. The molecule has 1 aromatic heterocycles. The first kappa shape index (κ1) is 14.3. The number of rotatable bonds is 6. The number of fused-ring (bicyclic) bond motifs is 1. The number of aryl methyl sites for hydroxylation is 1. The first-order valence-corrected chi connectivity index (χ1v) is 7.73. The van der Waals surface area contributed by atoms with Crippen molar-refractivity contribution in [1.29, 1.82) is 0 Å². The molecule has 2 rings (SSSR count). The van der Waals surface area contributed by atoms with Crippen molar-refractivity contribution in [3.05, 3.63) is 33.2 Å². The van der Waals surface area contributed by atoms with Crippen molar-refractivity contribution in [2.45, 2.75) is 65.5 Å². The zero-order valence-electron chi connectivity index (χ0n) is 12.3. The van der Waals surface area contributed by atoms with Crippen molar-refractivity contribution >= 4 is 0 Å². The lowest BCUT2D eigenvalue weighted by atomic mass is 9.94. The Labute approximate surface area is 116 Å². The van der Waals surface area contributed by atoms with E-state index in [2.05, 4.69) is 25.2 Å². The number of hydrogen-bond acceptors (Lipinski definition) is 2. The Kier molecular flexibility index (Phi) is 5.20. The summed E-state index contributed by atoms with van der Waals surface area (Å²) in [7, 11) is 0. The molecule has 106 valence electrons. The molecule has 1 heterocycles. The average molecular weight is 262 g/mol. The normalized spacial score (nSPS) is 14.4. The van der Waals surface area contributed by atoms with Crippen molar-refractivity contribution in [3.8, 4) is 0 Å². The van der Waals surface area contributed by atoms with Crippen LogP contribution in [0.3, 0.4) is 0 Å². The number of nitrogens with one attached hydrogen (secondary N) is 1. The van der Waals surface area contributed by atoms with Crippen LogP contribution >= 0.6 is 0 Å². The van der Waals surface area contributed by atoms with E-state index in [-0.39, 0.29) is 5.56 Å². The molecule has 0 aliphatic heterocycles. The second-order valence-electron chi connectivity index (χ2n) is 5.48. The van der Waals surface area contributed by atoms with Gasteiger partial charge in [-0.15, -0.1) is 0 Å². The summed E-state index contributed by atoms with van der Waals surface area (Å²) in [5.74, 6) is 0. The molecule has 0 aromatic carbocycles. The maximum absolute atomic E-state index is 12.5. The Bertz CT molecular complexity index is 476. The molecule has 1 aliphatic carbocycles. The predicted molar refractivity (Wildman–Crippen MR) is 79.6 cm³/mol. The van der Waals surface area contributed by atoms with Gasteiger partial charge in [0, 0.05) is 24.3 Å². The van der Waals surface area contributed by atoms with Crippen LogP contribution in [0, 0.1) is 0 Å². The fourth-order valence-corrected chi connectivity index (χ4v) is 2.93. The maximum atomic E-state index is 12.5. The minimum absolute atomic E-state index is 0.228. The zero-order valence-corrected chi connectivity index (χ0v) is 12.3. The number of nitrogens with zero attached hydrogens (tertiary/aromatic N) is 1. The highest BCUT2D eigenvalue weighted by Crippen LogP contribution is 2.21. The lowest BCUT2D eigenvalue weighted by Crippen LogP contribution is -2.32. The van der Waals surface area contributed by atoms with Gasteiger partial charge in [0.15, 0.2) is 0 Å². The summed E-state index contributed by atoms with van der Waals surface area (Å²) in [6.07, 6.45) is 6.84. The summed E-state index contributed by atoms with van der Waals surface area (Å²) in [5.41, 5.74) is 3.89. The number of hydrogen-bond donors (Lipinski definition) is 1. The highest BCUT2D eigenvalue weighted by Gasteiger charge is 2.16. The maximum Gasteiger partial charge on any atom is 0.255 e. The molecule has 3 heteroatoms. The summed E-state index contributed by atoms with van der Waals surface area (Å²) in [4.78, 5) is 12.5. The summed E-state index contributed by atoms with van der Waals surface area (Å²) in [6, 6.07) is 2.16. The van der Waals surface area contributed by atoms with E-state index >= 15 is 0 Å². The lowest BCUT2D eigenvalue weighted by Gasteiger charge is -2.22. The second-order valence-corrected chi connectivity index (χ2v) is 5.48. The van der Waals surface area contributed by atoms with Gasteiger partial charge in [-0.25, -0.2) is 0 Å². The van der Waals surface area contributed by atoms with Crippen LogP contribution in [0.15, 0.2) is 10.9 Å². The summed E-state index contributed by atoms with van der Waals surface area (Å²) >= 11 is 0. The monoisotopic (exact) mass is 262 g/mol. The Morgan fingerprint density at radius 3 is 2.74 bits per heavy atom. The summed E-state index contributed by atoms with van der Waals surface area (Å²) in [6.45, 7) is 6.84. The average Bonchev–Trinajstić information content (AvgIpc) is 2.43. The van der Waals surface area contributed by atoms with Gasteiger partial charge in [0.1, 0.15) is 0 Å². The minimum Gasteiger partial charge on any atom is -0.312 e. The first-order valence-electron chi connectivity index (χ1n) is 7.73. The molecular formula is C16H26N2O. The van der Waals surface area contributed by atoms with Gasteiger partial charge in [-0.05, 0) is 56.7 Å². The fraction of sp³-hybridized carbons (Fsp3) is 0.688. The lowest BCUT2D eigenvalue weighted by molar-refractivity contribution is 0.555. The Balaban J connectivity index is 2.33. The Hall–Kier alpha value is -1.09.